The van der Waals surface area contributed by atoms with E-state index in [2.05, 4.69) is 72.6 Å². The second-order valence-corrected chi connectivity index (χ2v) is 6.03. The van der Waals surface area contributed by atoms with E-state index in [4.69, 9.17) is 0 Å². The molecule has 0 saturated carbocycles. The Kier molecular flexibility index (Phi) is 4.37. The number of nitrogens with zero attached hydrogens (tertiary/aromatic N) is 1. The van der Waals surface area contributed by atoms with E-state index in [9.17, 15) is 0 Å². The van der Waals surface area contributed by atoms with Crippen molar-refractivity contribution in [1.82, 2.24) is 10.2 Å². The van der Waals surface area contributed by atoms with E-state index in [0.717, 1.165) is 26.2 Å². The molecule has 1 aliphatic rings. The van der Waals surface area contributed by atoms with Gasteiger partial charge in [0.25, 0.3) is 0 Å². The van der Waals surface area contributed by atoms with Crippen molar-refractivity contribution in [2.45, 2.75) is 26.4 Å². The number of nitrogens with one attached hydrogen (secondary N) is 1. The highest BCUT2D eigenvalue weighted by Gasteiger charge is 2.23. The fraction of sp³-hybridized carbons (Fsp3) is 0.368. The van der Waals surface area contributed by atoms with Gasteiger partial charge in [-0.25, -0.2) is 0 Å². The Labute approximate surface area is 127 Å². The maximum atomic E-state index is 3.53. The summed E-state index contributed by atoms with van der Waals surface area (Å²) >= 11 is 0. The third kappa shape index (κ3) is 3.34. The molecule has 0 bridgehead atoms. The molecule has 1 unspecified atom stereocenters. The van der Waals surface area contributed by atoms with Gasteiger partial charge in [0.15, 0.2) is 0 Å². The van der Waals surface area contributed by atoms with Crippen LogP contribution in [-0.4, -0.2) is 24.5 Å². The third-order valence-corrected chi connectivity index (χ3v) is 4.42. The number of benzene rings is 2. The zero-order valence-corrected chi connectivity index (χ0v) is 13.0. The van der Waals surface area contributed by atoms with Crippen LogP contribution in [0.1, 0.15) is 28.3 Å². The van der Waals surface area contributed by atoms with Gasteiger partial charge in [-0.2, -0.15) is 0 Å². The SMILES string of the molecule is Cc1ccc(C)c(CN2CCNCC2c2ccccc2)c1. The van der Waals surface area contributed by atoms with Crippen molar-refractivity contribution in [3.05, 3.63) is 70.8 Å². The summed E-state index contributed by atoms with van der Waals surface area (Å²) in [5, 5.41) is 3.53. The number of rotatable bonds is 3. The lowest BCUT2D eigenvalue weighted by atomic mass is 10.0. The molecule has 0 spiro atoms. The van der Waals surface area contributed by atoms with Gasteiger partial charge in [0.05, 0.1) is 0 Å². The zero-order valence-electron chi connectivity index (χ0n) is 13.0. The lowest BCUT2D eigenvalue weighted by Crippen LogP contribution is -2.45. The summed E-state index contributed by atoms with van der Waals surface area (Å²) in [4.78, 5) is 2.60. The van der Waals surface area contributed by atoms with Crippen LogP contribution in [0.3, 0.4) is 0 Å². The Morgan fingerprint density at radius 1 is 1.10 bits per heavy atom. The minimum atomic E-state index is 0.472. The van der Waals surface area contributed by atoms with Gasteiger partial charge < -0.3 is 5.32 Å². The van der Waals surface area contributed by atoms with Crippen LogP contribution in [-0.2, 0) is 6.54 Å². The molecular formula is C19H24N2. The van der Waals surface area contributed by atoms with Gasteiger partial charge >= 0.3 is 0 Å². The molecule has 1 atom stereocenters. The first-order valence-corrected chi connectivity index (χ1v) is 7.80. The lowest BCUT2D eigenvalue weighted by Gasteiger charge is -2.37. The molecule has 0 aromatic heterocycles. The van der Waals surface area contributed by atoms with E-state index in [1.165, 1.54) is 22.3 Å². The Hall–Kier alpha value is -1.64. The number of aryl methyl sites for hydroxylation is 2. The van der Waals surface area contributed by atoms with Gasteiger partial charge in [-0.3, -0.25) is 4.90 Å². The molecule has 2 aromatic rings. The fourth-order valence-electron chi connectivity index (χ4n) is 3.13. The first kappa shape index (κ1) is 14.3. The number of hydrogen-bond acceptors (Lipinski definition) is 2. The molecule has 0 amide bonds. The van der Waals surface area contributed by atoms with E-state index >= 15 is 0 Å². The maximum absolute atomic E-state index is 3.53. The summed E-state index contributed by atoms with van der Waals surface area (Å²) in [5.74, 6) is 0. The molecule has 3 rings (SSSR count). The first-order valence-electron chi connectivity index (χ1n) is 7.80. The molecule has 2 nitrogen and oxygen atoms in total. The van der Waals surface area contributed by atoms with Crippen molar-refractivity contribution in [1.29, 1.82) is 0 Å². The number of hydrogen-bond donors (Lipinski definition) is 1. The molecule has 1 N–H and O–H groups in total. The van der Waals surface area contributed by atoms with E-state index < -0.39 is 0 Å². The quantitative estimate of drug-likeness (QED) is 0.926. The minimum Gasteiger partial charge on any atom is -0.314 e. The third-order valence-electron chi connectivity index (χ3n) is 4.42. The molecule has 1 heterocycles. The predicted octanol–water partition coefficient (Wildman–Crippen LogP) is 3.45. The van der Waals surface area contributed by atoms with Crippen LogP contribution >= 0.6 is 0 Å². The Bertz CT molecular complexity index is 592. The van der Waals surface area contributed by atoms with Crippen LogP contribution in [0, 0.1) is 13.8 Å². The van der Waals surface area contributed by atoms with Gasteiger partial charge in [0.2, 0.25) is 0 Å². The molecule has 21 heavy (non-hydrogen) atoms. The molecule has 0 aliphatic carbocycles. The zero-order chi connectivity index (χ0) is 14.7. The molecule has 2 heteroatoms. The van der Waals surface area contributed by atoms with Gasteiger partial charge in [-0.05, 0) is 30.5 Å². The summed E-state index contributed by atoms with van der Waals surface area (Å²) in [6, 6.07) is 18.1. The highest BCUT2D eigenvalue weighted by Crippen LogP contribution is 2.25. The predicted molar refractivity (Wildman–Crippen MR) is 88.4 cm³/mol. The minimum absolute atomic E-state index is 0.472. The summed E-state index contributed by atoms with van der Waals surface area (Å²) in [6.45, 7) is 8.65. The van der Waals surface area contributed by atoms with Crippen LogP contribution < -0.4 is 5.32 Å². The smallest absolute Gasteiger partial charge is 0.0476 e. The first-order chi connectivity index (χ1) is 10.2. The van der Waals surface area contributed by atoms with Gasteiger partial charge in [0, 0.05) is 32.2 Å². The van der Waals surface area contributed by atoms with Crippen molar-refractivity contribution in [3.8, 4) is 0 Å². The average Bonchev–Trinajstić information content (AvgIpc) is 2.52. The van der Waals surface area contributed by atoms with Crippen LogP contribution in [0.5, 0.6) is 0 Å². The van der Waals surface area contributed by atoms with Gasteiger partial charge in [-0.15, -0.1) is 0 Å². The molecule has 1 aliphatic heterocycles. The van der Waals surface area contributed by atoms with E-state index in [0.29, 0.717) is 6.04 Å². The highest BCUT2D eigenvalue weighted by molar-refractivity contribution is 5.31. The molecule has 1 fully saturated rings. The van der Waals surface area contributed by atoms with Crippen LogP contribution in [0.4, 0.5) is 0 Å². The van der Waals surface area contributed by atoms with E-state index in [-0.39, 0.29) is 0 Å². The maximum Gasteiger partial charge on any atom is 0.0476 e. The monoisotopic (exact) mass is 280 g/mol. The largest absolute Gasteiger partial charge is 0.314 e. The van der Waals surface area contributed by atoms with Crippen molar-refractivity contribution in [2.75, 3.05) is 19.6 Å². The Morgan fingerprint density at radius 2 is 1.90 bits per heavy atom. The number of piperazine rings is 1. The van der Waals surface area contributed by atoms with Crippen LogP contribution in [0.25, 0.3) is 0 Å². The summed E-state index contributed by atoms with van der Waals surface area (Å²) in [7, 11) is 0. The standard InChI is InChI=1S/C19H24N2/c1-15-8-9-16(2)18(12-15)14-21-11-10-20-13-19(21)17-6-4-3-5-7-17/h3-9,12,19-20H,10-11,13-14H2,1-2H3. The van der Waals surface area contributed by atoms with Crippen molar-refractivity contribution in [3.63, 3.8) is 0 Å². The highest BCUT2D eigenvalue weighted by atomic mass is 15.2. The molecule has 1 saturated heterocycles. The molecule has 0 radical (unpaired) electrons. The van der Waals surface area contributed by atoms with Gasteiger partial charge in [0.1, 0.15) is 0 Å². The summed E-state index contributed by atoms with van der Waals surface area (Å²) in [6.07, 6.45) is 0. The van der Waals surface area contributed by atoms with Gasteiger partial charge in [-0.1, -0.05) is 54.1 Å². The topological polar surface area (TPSA) is 15.3 Å². The van der Waals surface area contributed by atoms with Crippen molar-refractivity contribution < 1.29 is 0 Å². The lowest BCUT2D eigenvalue weighted by molar-refractivity contribution is 0.153. The van der Waals surface area contributed by atoms with Crippen LogP contribution in [0.2, 0.25) is 0 Å². The Morgan fingerprint density at radius 3 is 2.71 bits per heavy atom. The van der Waals surface area contributed by atoms with E-state index in [1.54, 1.807) is 0 Å². The normalized spacial score (nSPS) is 19.6. The van der Waals surface area contributed by atoms with Crippen molar-refractivity contribution >= 4 is 0 Å². The average molecular weight is 280 g/mol. The van der Waals surface area contributed by atoms with E-state index in [1.807, 2.05) is 0 Å². The fourth-order valence-corrected chi connectivity index (χ4v) is 3.13. The molecule has 2 aromatic carbocycles. The molecule has 110 valence electrons. The summed E-state index contributed by atoms with van der Waals surface area (Å²) in [5.41, 5.74) is 5.61. The van der Waals surface area contributed by atoms with Crippen LogP contribution in [0.15, 0.2) is 48.5 Å². The van der Waals surface area contributed by atoms with Crippen molar-refractivity contribution in [2.24, 2.45) is 0 Å². The summed E-state index contributed by atoms with van der Waals surface area (Å²) < 4.78 is 0. The second-order valence-electron chi connectivity index (χ2n) is 6.03. The molecular weight excluding hydrogens is 256 g/mol. The Balaban J connectivity index is 1.83. The second kappa shape index (κ2) is 6.42.